The van der Waals surface area contributed by atoms with Crippen LogP contribution in [0, 0.1) is 0 Å². The van der Waals surface area contributed by atoms with Crippen molar-refractivity contribution in [2.24, 2.45) is 0 Å². The van der Waals surface area contributed by atoms with Crippen molar-refractivity contribution in [1.29, 1.82) is 0 Å². The number of ether oxygens (including phenoxy) is 2. The lowest BCUT2D eigenvalue weighted by molar-refractivity contribution is 0.00699. The van der Waals surface area contributed by atoms with Gasteiger partial charge in [0.2, 0.25) is 0 Å². The lowest BCUT2D eigenvalue weighted by atomic mass is 10.0. The van der Waals surface area contributed by atoms with Gasteiger partial charge in [0.1, 0.15) is 22.8 Å². The minimum Gasteiger partial charge on any atom is -0.461 e. The second-order valence-corrected chi connectivity index (χ2v) is 11.6. The Labute approximate surface area is 236 Å². The van der Waals surface area contributed by atoms with E-state index in [1.54, 1.807) is 6.07 Å². The van der Waals surface area contributed by atoms with E-state index >= 15 is 0 Å². The number of furan rings is 1. The maximum atomic E-state index is 13.0. The number of benzene rings is 2. The van der Waals surface area contributed by atoms with E-state index in [9.17, 15) is 9.59 Å². The fourth-order valence-corrected chi connectivity index (χ4v) is 5.38. The summed E-state index contributed by atoms with van der Waals surface area (Å²) in [5.41, 5.74) is 3.58. The molecule has 0 amide bonds. The molecule has 1 saturated carbocycles. The van der Waals surface area contributed by atoms with E-state index in [0.717, 1.165) is 39.8 Å². The molecule has 0 spiro atoms. The zero-order valence-corrected chi connectivity index (χ0v) is 24.6. The predicted octanol–water partition coefficient (Wildman–Crippen LogP) is 7.68. The number of carbonyl (C=O) groups excluding carboxylic acids is 2. The molecule has 0 radical (unpaired) electrons. The molecule has 5 rings (SSSR count). The van der Waals surface area contributed by atoms with Gasteiger partial charge in [-0.15, -0.1) is 0 Å². The van der Waals surface area contributed by atoms with E-state index in [4.69, 9.17) is 18.9 Å². The maximum Gasteiger partial charge on any atom is 0.356 e. The molecule has 0 bridgehead atoms. The Kier molecular flexibility index (Phi) is 7.42. The number of fused-ring (bicyclic) bond motifs is 1. The first kappa shape index (κ1) is 27.2. The Morgan fingerprint density at radius 3 is 2.51 bits per heavy atom. The zero-order valence-electron chi connectivity index (χ0n) is 23.0. The van der Waals surface area contributed by atoms with Crippen LogP contribution in [0.15, 0.2) is 51.4 Å². The Morgan fingerprint density at radius 2 is 1.85 bits per heavy atom. The highest BCUT2D eigenvalue weighted by Crippen LogP contribution is 2.42. The molecule has 0 atom stereocenters. The molecule has 0 N–H and O–H groups in total. The van der Waals surface area contributed by atoms with Crippen LogP contribution < -0.4 is 0 Å². The molecule has 0 unspecified atom stereocenters. The maximum absolute atomic E-state index is 13.0. The van der Waals surface area contributed by atoms with Crippen molar-refractivity contribution in [3.8, 4) is 11.3 Å². The lowest BCUT2D eigenvalue weighted by Crippen LogP contribution is -2.24. The average molecular weight is 594 g/mol. The third kappa shape index (κ3) is 5.53. The molecule has 0 aliphatic heterocycles. The van der Waals surface area contributed by atoms with Crippen LogP contribution in [-0.2, 0) is 22.4 Å². The number of nitrogens with zero attached hydrogens (tertiary/aromatic N) is 2. The van der Waals surface area contributed by atoms with Crippen LogP contribution in [0.2, 0.25) is 0 Å². The average Bonchev–Trinajstić information content (AvgIpc) is 3.60. The third-order valence-corrected chi connectivity index (χ3v) is 7.43. The molecule has 204 valence electrons. The summed E-state index contributed by atoms with van der Waals surface area (Å²) in [5.74, 6) is 1.03. The lowest BCUT2D eigenvalue weighted by Gasteiger charge is -2.20. The minimum absolute atomic E-state index is 0.317. The molecule has 2 aromatic heterocycles. The van der Waals surface area contributed by atoms with Gasteiger partial charge in [-0.2, -0.15) is 0 Å². The van der Waals surface area contributed by atoms with Crippen LogP contribution in [0.3, 0.4) is 0 Å². The molecular formula is C31H33BrN2O5. The normalized spacial score (nSPS) is 13.6. The molecule has 7 nitrogen and oxygen atoms in total. The summed E-state index contributed by atoms with van der Waals surface area (Å²) >= 11 is 3.73. The SMILES string of the molecule is CCOC(=O)c1c(C2CC2)nc(CC)n1Cc1ccc2oc(-c3ccccc3C(=O)OC(C)(C)C)c(Br)c2c1. The molecule has 1 aliphatic rings. The molecule has 2 heterocycles. The summed E-state index contributed by atoms with van der Waals surface area (Å²) < 4.78 is 20.1. The van der Waals surface area contributed by atoms with Gasteiger partial charge in [0, 0.05) is 29.8 Å². The second-order valence-electron chi connectivity index (χ2n) is 10.8. The van der Waals surface area contributed by atoms with Crippen molar-refractivity contribution in [2.45, 2.75) is 71.9 Å². The van der Waals surface area contributed by atoms with E-state index in [1.807, 2.05) is 68.7 Å². The highest BCUT2D eigenvalue weighted by atomic mass is 79.9. The van der Waals surface area contributed by atoms with Gasteiger partial charge in [-0.05, 0) is 80.2 Å². The zero-order chi connectivity index (χ0) is 27.9. The van der Waals surface area contributed by atoms with Crippen LogP contribution in [-0.4, -0.2) is 33.7 Å². The van der Waals surface area contributed by atoms with Crippen molar-refractivity contribution in [3.05, 3.63) is 75.3 Å². The molecule has 1 aliphatic carbocycles. The smallest absolute Gasteiger partial charge is 0.356 e. The van der Waals surface area contributed by atoms with Crippen molar-refractivity contribution >= 4 is 38.8 Å². The topological polar surface area (TPSA) is 83.6 Å². The molecule has 8 heteroatoms. The van der Waals surface area contributed by atoms with Gasteiger partial charge in [0.05, 0.1) is 22.3 Å². The van der Waals surface area contributed by atoms with Gasteiger partial charge in [-0.3, -0.25) is 0 Å². The summed E-state index contributed by atoms with van der Waals surface area (Å²) in [7, 11) is 0. The van der Waals surface area contributed by atoms with Gasteiger partial charge in [0.25, 0.3) is 0 Å². The van der Waals surface area contributed by atoms with Crippen LogP contribution in [0.1, 0.15) is 91.3 Å². The number of imidazole rings is 1. The highest BCUT2D eigenvalue weighted by Gasteiger charge is 2.34. The van der Waals surface area contributed by atoms with Gasteiger partial charge in [-0.1, -0.05) is 31.2 Å². The number of carbonyl (C=O) groups is 2. The standard InChI is InChI=1S/C31H33BrN2O5/c1-6-24-33-26(19-13-14-19)27(30(36)37-7-2)34(24)17-18-12-15-23-22(16-18)25(32)28(38-23)20-10-8-9-11-21(20)29(35)39-31(3,4)5/h8-12,15-16,19H,6-7,13-14,17H2,1-5H3. The van der Waals surface area contributed by atoms with Gasteiger partial charge >= 0.3 is 11.9 Å². The fraction of sp³-hybridized carbons (Fsp3) is 0.387. The summed E-state index contributed by atoms with van der Waals surface area (Å²) in [4.78, 5) is 30.8. The largest absolute Gasteiger partial charge is 0.461 e. The first-order valence-corrected chi connectivity index (χ1v) is 14.2. The monoisotopic (exact) mass is 592 g/mol. The summed E-state index contributed by atoms with van der Waals surface area (Å²) in [5, 5.41) is 0.875. The number of hydrogen-bond acceptors (Lipinski definition) is 6. The van der Waals surface area contributed by atoms with E-state index in [2.05, 4.69) is 22.9 Å². The summed E-state index contributed by atoms with van der Waals surface area (Å²) in [6.45, 7) is 10.2. The fourth-order valence-electron chi connectivity index (χ4n) is 4.78. The Hall–Kier alpha value is -3.39. The summed E-state index contributed by atoms with van der Waals surface area (Å²) in [6, 6.07) is 13.2. The molecular weight excluding hydrogens is 560 g/mol. The van der Waals surface area contributed by atoms with Crippen LogP contribution >= 0.6 is 15.9 Å². The Balaban J connectivity index is 1.54. The van der Waals surface area contributed by atoms with Crippen LogP contribution in [0.5, 0.6) is 0 Å². The van der Waals surface area contributed by atoms with Gasteiger partial charge < -0.3 is 18.5 Å². The number of aryl methyl sites for hydroxylation is 1. The number of halogens is 1. The van der Waals surface area contributed by atoms with Crippen molar-refractivity contribution in [1.82, 2.24) is 9.55 Å². The van der Waals surface area contributed by atoms with Gasteiger partial charge in [-0.25, -0.2) is 14.6 Å². The quantitative estimate of drug-likeness (QED) is 0.195. The highest BCUT2D eigenvalue weighted by molar-refractivity contribution is 9.10. The van der Waals surface area contributed by atoms with Crippen molar-refractivity contribution in [3.63, 3.8) is 0 Å². The summed E-state index contributed by atoms with van der Waals surface area (Å²) in [6.07, 6.45) is 2.81. The van der Waals surface area contributed by atoms with Crippen molar-refractivity contribution in [2.75, 3.05) is 6.61 Å². The van der Waals surface area contributed by atoms with Crippen molar-refractivity contribution < 1.29 is 23.5 Å². The molecule has 4 aromatic rings. The van der Waals surface area contributed by atoms with E-state index in [1.165, 1.54) is 0 Å². The third-order valence-electron chi connectivity index (χ3n) is 6.65. The van der Waals surface area contributed by atoms with E-state index < -0.39 is 11.6 Å². The second kappa shape index (κ2) is 10.6. The minimum atomic E-state index is -0.614. The molecule has 39 heavy (non-hydrogen) atoms. The van der Waals surface area contributed by atoms with Crippen LogP contribution in [0.4, 0.5) is 0 Å². The number of hydrogen-bond donors (Lipinski definition) is 0. The Bertz CT molecular complexity index is 1560. The molecule has 2 aromatic carbocycles. The number of aromatic nitrogens is 2. The molecule has 0 saturated heterocycles. The van der Waals surface area contributed by atoms with Gasteiger partial charge in [0.15, 0.2) is 5.69 Å². The first-order chi connectivity index (χ1) is 18.6. The first-order valence-electron chi connectivity index (χ1n) is 13.4. The van der Waals surface area contributed by atoms with E-state index in [0.29, 0.717) is 53.7 Å². The predicted molar refractivity (Wildman–Crippen MR) is 153 cm³/mol. The number of esters is 2. The Morgan fingerprint density at radius 1 is 1.10 bits per heavy atom. The van der Waals surface area contributed by atoms with Crippen LogP contribution in [0.25, 0.3) is 22.3 Å². The van der Waals surface area contributed by atoms with E-state index in [-0.39, 0.29) is 5.97 Å². The number of rotatable bonds is 8. The molecule has 1 fully saturated rings.